The second-order valence-electron chi connectivity index (χ2n) is 11.1. The number of alkyl halides is 3. The number of hydrogen-bond donors (Lipinski definition) is 3. The number of carbonyl (C=O) groups excluding carboxylic acids is 2. The summed E-state index contributed by atoms with van der Waals surface area (Å²) in [6.45, 7) is 2.24. The molecule has 0 aliphatic carbocycles. The molecule has 0 saturated carbocycles. The maximum Gasteiger partial charge on any atom is 0.416 e. The molecule has 1 heterocycles. The number of nitrogens with one attached hydrogen (secondary N) is 1. The topological polar surface area (TPSA) is 148 Å². The van der Waals surface area contributed by atoms with E-state index < -0.39 is 82.2 Å². The highest BCUT2D eigenvalue weighted by molar-refractivity contribution is 7.91. The number of halogens is 5. The fraction of sp³-hybridized carbons (Fsp3) is 0.433. The van der Waals surface area contributed by atoms with Crippen molar-refractivity contribution >= 4 is 21.8 Å². The number of sulfone groups is 1. The predicted molar refractivity (Wildman–Crippen MR) is 159 cm³/mol. The molecule has 2 aromatic carbocycles. The van der Waals surface area contributed by atoms with Crippen molar-refractivity contribution in [3.05, 3.63) is 88.7 Å². The van der Waals surface area contributed by atoms with Crippen molar-refractivity contribution < 1.29 is 45.1 Å². The van der Waals surface area contributed by atoms with Gasteiger partial charge in [0.2, 0.25) is 5.91 Å². The van der Waals surface area contributed by atoms with Crippen LogP contribution in [0.4, 0.5) is 26.7 Å². The van der Waals surface area contributed by atoms with Crippen LogP contribution in [0.3, 0.4) is 0 Å². The van der Waals surface area contributed by atoms with Crippen LogP contribution in [-0.2, 0) is 33.8 Å². The van der Waals surface area contributed by atoms with Gasteiger partial charge in [-0.15, -0.1) is 0 Å². The monoisotopic (exact) mass is 673 g/mol. The normalized spacial score (nSPS) is 14.0. The molecular formula is C30H36F5N5O5S. The Balaban J connectivity index is 1.97. The molecule has 0 saturated heterocycles. The van der Waals surface area contributed by atoms with E-state index in [0.29, 0.717) is 18.1 Å². The van der Waals surface area contributed by atoms with Gasteiger partial charge in [-0.25, -0.2) is 22.0 Å². The van der Waals surface area contributed by atoms with E-state index in [1.165, 1.54) is 18.5 Å². The zero-order valence-electron chi connectivity index (χ0n) is 25.2. The lowest BCUT2D eigenvalue weighted by atomic mass is 10.0. The molecule has 0 aliphatic heterocycles. The number of nitrogens with two attached hydrogens (primary N) is 1. The zero-order chi connectivity index (χ0) is 34.2. The quantitative estimate of drug-likeness (QED) is 0.222. The maximum absolute atomic E-state index is 14.0. The number of carbonyl (C=O) groups is 2. The second-order valence-corrected chi connectivity index (χ2v) is 13.3. The third kappa shape index (κ3) is 10.9. The van der Waals surface area contributed by atoms with Gasteiger partial charge in [0.15, 0.2) is 9.84 Å². The Morgan fingerprint density at radius 1 is 1.11 bits per heavy atom. The Labute approximate surface area is 263 Å². The van der Waals surface area contributed by atoms with E-state index in [9.17, 15) is 45.1 Å². The van der Waals surface area contributed by atoms with Crippen molar-refractivity contribution in [2.45, 2.75) is 64.0 Å². The Bertz CT molecular complexity index is 1590. The molecule has 0 fully saturated rings. The number of aliphatic hydroxyl groups excluding tert-OH is 1. The van der Waals surface area contributed by atoms with Crippen LogP contribution in [0.1, 0.15) is 42.0 Å². The van der Waals surface area contributed by atoms with E-state index >= 15 is 0 Å². The van der Waals surface area contributed by atoms with Crippen LogP contribution >= 0.6 is 0 Å². The summed E-state index contributed by atoms with van der Waals surface area (Å²) < 4.78 is 94.6. The average Bonchev–Trinajstić information content (AvgIpc) is 3.40. The molecule has 0 radical (unpaired) electrons. The minimum absolute atomic E-state index is 0.0160. The number of rotatable bonds is 14. The molecule has 4 N–H and O–H groups in total. The molecule has 46 heavy (non-hydrogen) atoms. The fourth-order valence-electron chi connectivity index (χ4n) is 4.63. The molecule has 3 atom stereocenters. The zero-order valence-corrected chi connectivity index (χ0v) is 26.0. The predicted octanol–water partition coefficient (Wildman–Crippen LogP) is 3.59. The molecule has 16 heteroatoms. The average molecular weight is 674 g/mol. The minimum atomic E-state index is -4.71. The van der Waals surface area contributed by atoms with Crippen molar-refractivity contribution in [3.63, 3.8) is 0 Å². The summed E-state index contributed by atoms with van der Waals surface area (Å²) >= 11 is 0. The first-order valence-electron chi connectivity index (χ1n) is 14.3. The largest absolute Gasteiger partial charge is 0.416 e. The number of aryl methyl sites for hydroxylation is 1. The molecule has 0 unspecified atom stereocenters. The summed E-state index contributed by atoms with van der Waals surface area (Å²) in [5.41, 5.74) is 5.77. The summed E-state index contributed by atoms with van der Waals surface area (Å²) in [6.07, 6.45) is -3.06. The van der Waals surface area contributed by atoms with E-state index in [1.54, 1.807) is 13.8 Å². The van der Waals surface area contributed by atoms with Crippen LogP contribution in [0.25, 0.3) is 0 Å². The van der Waals surface area contributed by atoms with Gasteiger partial charge in [-0.2, -0.15) is 23.0 Å². The summed E-state index contributed by atoms with van der Waals surface area (Å²) in [5.74, 6) is -3.93. The van der Waals surface area contributed by atoms with Gasteiger partial charge in [0.05, 0.1) is 29.4 Å². The molecule has 2 amide bonds. The summed E-state index contributed by atoms with van der Waals surface area (Å²) in [6, 6.07) is 2.81. The van der Waals surface area contributed by atoms with Gasteiger partial charge in [-0.3, -0.25) is 4.79 Å². The Morgan fingerprint density at radius 2 is 1.78 bits per heavy atom. The van der Waals surface area contributed by atoms with Crippen molar-refractivity contribution in [3.8, 4) is 0 Å². The van der Waals surface area contributed by atoms with Gasteiger partial charge in [-0.1, -0.05) is 25.5 Å². The lowest BCUT2D eigenvalue weighted by Crippen LogP contribution is -2.55. The van der Waals surface area contributed by atoms with Crippen LogP contribution in [0, 0.1) is 18.6 Å². The third-order valence-corrected chi connectivity index (χ3v) is 8.73. The Morgan fingerprint density at radius 3 is 2.37 bits per heavy atom. The third-order valence-electron chi connectivity index (χ3n) is 6.98. The first-order valence-corrected chi connectivity index (χ1v) is 16.2. The molecule has 0 aliphatic rings. The molecule has 1 aromatic heterocycles. The SMILES string of the molecule is CCCCS(=O)(=O)C[C@@H](NC(=O)n1cc(C)cn1)C(=O)N(Cc1cccc(C(F)(F)F)c1)C[C@@H](O)[C@@H](N)Cc1cc(F)cc(F)c1. The van der Waals surface area contributed by atoms with Crippen molar-refractivity contribution in [1.82, 2.24) is 20.0 Å². The van der Waals surface area contributed by atoms with E-state index in [0.717, 1.165) is 39.9 Å². The van der Waals surface area contributed by atoms with Gasteiger partial charge < -0.3 is 21.1 Å². The van der Waals surface area contributed by atoms with Crippen LogP contribution in [-0.4, -0.2) is 76.4 Å². The molecule has 0 spiro atoms. The fourth-order valence-corrected chi connectivity index (χ4v) is 6.26. The maximum atomic E-state index is 14.0. The van der Waals surface area contributed by atoms with Crippen molar-refractivity contribution in [1.29, 1.82) is 0 Å². The van der Waals surface area contributed by atoms with Gasteiger partial charge in [0.25, 0.3) is 0 Å². The second kappa shape index (κ2) is 15.6. The molecule has 0 bridgehead atoms. The molecule has 3 rings (SSSR count). The number of nitrogens with zero attached hydrogens (tertiary/aromatic N) is 3. The summed E-state index contributed by atoms with van der Waals surface area (Å²) in [4.78, 5) is 27.9. The number of hydrogen-bond acceptors (Lipinski definition) is 7. The Hall–Kier alpha value is -3.89. The first-order chi connectivity index (χ1) is 21.5. The van der Waals surface area contributed by atoms with Gasteiger partial charge in [-0.05, 0) is 60.7 Å². The standard InChI is InChI=1S/C30H36F5N5O5S/c1-3-4-8-46(44,45)18-26(38-29(43)40-15-19(2)14-37-40)28(42)39(16-20-6-5-7-22(9-20)30(33,34)35)17-27(41)25(36)12-21-10-23(31)13-24(32)11-21/h5-7,9-11,13-15,25-27,41H,3-4,8,12,16-18,36H2,1-2H3,(H,38,43)/t25-,26+,27+/m0/s1. The summed E-state index contributed by atoms with van der Waals surface area (Å²) in [5, 5.41) is 17.2. The van der Waals surface area contributed by atoms with Crippen LogP contribution < -0.4 is 11.1 Å². The van der Waals surface area contributed by atoms with Gasteiger partial charge in [0.1, 0.15) is 17.7 Å². The minimum Gasteiger partial charge on any atom is -0.390 e. The van der Waals surface area contributed by atoms with E-state index in [2.05, 4.69) is 10.4 Å². The number of amides is 2. The van der Waals surface area contributed by atoms with Crippen molar-refractivity contribution in [2.75, 3.05) is 18.1 Å². The number of benzene rings is 2. The molecule has 10 nitrogen and oxygen atoms in total. The van der Waals surface area contributed by atoms with E-state index in [1.807, 2.05) is 0 Å². The van der Waals surface area contributed by atoms with Crippen LogP contribution in [0.15, 0.2) is 54.9 Å². The van der Waals surface area contributed by atoms with Crippen LogP contribution in [0.2, 0.25) is 0 Å². The lowest BCUT2D eigenvalue weighted by molar-refractivity contribution is -0.137. The summed E-state index contributed by atoms with van der Waals surface area (Å²) in [7, 11) is -3.94. The molecule has 252 valence electrons. The number of unbranched alkanes of at least 4 members (excludes halogenated alkanes) is 1. The van der Waals surface area contributed by atoms with Crippen LogP contribution in [0.5, 0.6) is 0 Å². The highest BCUT2D eigenvalue weighted by Gasteiger charge is 2.34. The van der Waals surface area contributed by atoms with Gasteiger partial charge >= 0.3 is 12.2 Å². The lowest BCUT2D eigenvalue weighted by Gasteiger charge is -2.31. The highest BCUT2D eigenvalue weighted by Crippen LogP contribution is 2.30. The van der Waals surface area contributed by atoms with Gasteiger partial charge in [0, 0.05) is 31.4 Å². The smallest absolute Gasteiger partial charge is 0.390 e. The molecular weight excluding hydrogens is 637 g/mol. The van der Waals surface area contributed by atoms with E-state index in [4.69, 9.17) is 5.73 Å². The van der Waals surface area contributed by atoms with E-state index in [-0.39, 0.29) is 29.7 Å². The molecule has 3 aromatic rings. The van der Waals surface area contributed by atoms with Crippen molar-refractivity contribution in [2.24, 2.45) is 5.73 Å². The number of aromatic nitrogens is 2. The highest BCUT2D eigenvalue weighted by atomic mass is 32.2. The number of aliphatic hydroxyl groups is 1. The Kier molecular flexibility index (Phi) is 12.4. The first kappa shape index (κ1) is 36.6.